The van der Waals surface area contributed by atoms with Crippen LogP contribution in [-0.2, 0) is 17.7 Å². The summed E-state index contributed by atoms with van der Waals surface area (Å²) < 4.78 is 5.90. The fraction of sp³-hybridized carbons (Fsp3) is 0.267. The monoisotopic (exact) mass is 347 g/mol. The number of aromatic nitrogens is 2. The van der Waals surface area contributed by atoms with Crippen molar-refractivity contribution in [3.05, 3.63) is 57.8 Å². The fourth-order valence-electron chi connectivity index (χ4n) is 2.62. The Balaban J connectivity index is 2.04. The molecule has 2 heterocycles. The molecule has 1 unspecified atom stereocenters. The van der Waals surface area contributed by atoms with E-state index in [0.717, 1.165) is 21.3 Å². The summed E-state index contributed by atoms with van der Waals surface area (Å²) in [6.45, 7) is 0.476. The van der Waals surface area contributed by atoms with E-state index in [-0.39, 0.29) is 12.1 Å². The lowest BCUT2D eigenvalue weighted by Crippen LogP contribution is -2.39. The molecule has 0 fully saturated rings. The molecule has 0 saturated heterocycles. The third-order valence-corrected chi connectivity index (χ3v) is 4.39. The first-order chi connectivity index (χ1) is 10.2. The molecular formula is C15H14BrN3O2. The Hall–Kier alpha value is -1.95. The highest BCUT2D eigenvalue weighted by molar-refractivity contribution is 9.10. The minimum absolute atomic E-state index is 0.114. The van der Waals surface area contributed by atoms with Crippen molar-refractivity contribution in [1.29, 1.82) is 0 Å². The molecule has 1 aromatic carbocycles. The number of hydrogen-bond acceptors (Lipinski definition) is 4. The second kappa shape index (κ2) is 5.81. The highest BCUT2D eigenvalue weighted by atomic mass is 79.9. The van der Waals surface area contributed by atoms with Gasteiger partial charge in [0, 0.05) is 17.1 Å². The summed E-state index contributed by atoms with van der Waals surface area (Å²) in [5.74, 6) is 0. The lowest BCUT2D eigenvalue weighted by Gasteiger charge is -2.35. The summed E-state index contributed by atoms with van der Waals surface area (Å²) in [5, 5.41) is 8.14. The molecule has 0 bridgehead atoms. The van der Waals surface area contributed by atoms with Crippen LogP contribution in [0.2, 0.25) is 0 Å². The molecule has 108 valence electrons. The van der Waals surface area contributed by atoms with Crippen molar-refractivity contribution in [2.24, 2.45) is 0 Å². The maximum absolute atomic E-state index is 12.1. The van der Waals surface area contributed by atoms with Crippen LogP contribution in [-0.4, -0.2) is 28.3 Å². The van der Waals surface area contributed by atoms with E-state index in [1.807, 2.05) is 30.3 Å². The maximum atomic E-state index is 12.1. The van der Waals surface area contributed by atoms with Crippen molar-refractivity contribution < 1.29 is 9.53 Å². The molecular weight excluding hydrogens is 334 g/mol. The van der Waals surface area contributed by atoms with Crippen LogP contribution in [0.5, 0.6) is 0 Å². The minimum Gasteiger partial charge on any atom is -0.453 e. The van der Waals surface area contributed by atoms with E-state index in [4.69, 9.17) is 4.74 Å². The summed E-state index contributed by atoms with van der Waals surface area (Å²) in [5.41, 5.74) is 2.98. The van der Waals surface area contributed by atoms with Crippen LogP contribution >= 0.6 is 15.9 Å². The summed E-state index contributed by atoms with van der Waals surface area (Å²) in [6, 6.07) is 9.67. The molecule has 0 spiro atoms. The van der Waals surface area contributed by atoms with E-state index in [2.05, 4.69) is 26.1 Å². The molecule has 0 aliphatic carbocycles. The van der Waals surface area contributed by atoms with Crippen LogP contribution in [0.4, 0.5) is 4.79 Å². The van der Waals surface area contributed by atoms with Crippen molar-refractivity contribution >= 4 is 22.0 Å². The number of nitrogens with zero attached hydrogens (tertiary/aromatic N) is 3. The minimum atomic E-state index is -0.335. The smallest absolute Gasteiger partial charge is 0.410 e. The number of benzene rings is 1. The van der Waals surface area contributed by atoms with Gasteiger partial charge in [0.15, 0.2) is 0 Å². The molecule has 5 nitrogen and oxygen atoms in total. The number of carbonyl (C=O) groups excluding carboxylic acids is 1. The molecule has 0 N–H and O–H groups in total. The quantitative estimate of drug-likeness (QED) is 0.795. The standard InChI is InChI=1S/C15H14BrN3O2/c1-21-15(20)19-9-10-6-7-17-18-13(10)8-14(19)11-4-2-3-5-12(11)16/h2-7,14H,8-9H2,1H3. The average molecular weight is 348 g/mol. The van der Waals surface area contributed by atoms with Gasteiger partial charge in [0.1, 0.15) is 0 Å². The number of amides is 1. The normalized spacial score (nSPS) is 17.2. The Morgan fingerprint density at radius 3 is 2.95 bits per heavy atom. The van der Waals surface area contributed by atoms with Gasteiger partial charge in [-0.3, -0.25) is 4.90 Å². The number of rotatable bonds is 1. The molecule has 3 rings (SSSR count). The predicted molar refractivity (Wildman–Crippen MR) is 80.6 cm³/mol. The summed E-state index contributed by atoms with van der Waals surface area (Å²) >= 11 is 3.56. The number of hydrogen-bond donors (Lipinski definition) is 0. The molecule has 1 aromatic heterocycles. The maximum Gasteiger partial charge on any atom is 0.410 e. The molecule has 2 aromatic rings. The van der Waals surface area contributed by atoms with E-state index in [0.29, 0.717) is 13.0 Å². The van der Waals surface area contributed by atoms with Crippen molar-refractivity contribution in [3.63, 3.8) is 0 Å². The largest absolute Gasteiger partial charge is 0.453 e. The highest BCUT2D eigenvalue weighted by Gasteiger charge is 2.33. The van der Waals surface area contributed by atoms with Crippen LogP contribution in [0.1, 0.15) is 22.9 Å². The van der Waals surface area contributed by atoms with Crippen LogP contribution in [0, 0.1) is 0 Å². The SMILES string of the molecule is COC(=O)N1Cc2ccnnc2CC1c1ccccc1Br. The number of methoxy groups -OCH3 is 1. The Morgan fingerprint density at radius 1 is 1.38 bits per heavy atom. The first-order valence-electron chi connectivity index (χ1n) is 6.59. The van der Waals surface area contributed by atoms with Gasteiger partial charge < -0.3 is 4.74 Å². The zero-order valence-corrected chi connectivity index (χ0v) is 13.1. The Morgan fingerprint density at radius 2 is 2.19 bits per heavy atom. The summed E-state index contributed by atoms with van der Waals surface area (Å²) in [4.78, 5) is 13.9. The number of halogens is 1. The van der Waals surface area contributed by atoms with Crippen molar-refractivity contribution in [1.82, 2.24) is 15.1 Å². The summed E-state index contributed by atoms with van der Waals surface area (Å²) in [6.07, 6.45) is 1.94. The van der Waals surface area contributed by atoms with E-state index in [1.54, 1.807) is 11.1 Å². The second-order valence-corrected chi connectivity index (χ2v) is 5.70. The van der Waals surface area contributed by atoms with Crippen molar-refractivity contribution in [2.45, 2.75) is 19.0 Å². The average Bonchev–Trinajstić information content (AvgIpc) is 2.53. The third kappa shape index (κ3) is 2.63. The molecule has 0 radical (unpaired) electrons. The Labute approximate surface area is 131 Å². The summed E-state index contributed by atoms with van der Waals surface area (Å²) in [7, 11) is 1.40. The fourth-order valence-corrected chi connectivity index (χ4v) is 3.17. The molecule has 1 atom stereocenters. The van der Waals surface area contributed by atoms with Gasteiger partial charge in [-0.15, -0.1) is 0 Å². The van der Waals surface area contributed by atoms with E-state index < -0.39 is 0 Å². The second-order valence-electron chi connectivity index (χ2n) is 4.84. The van der Waals surface area contributed by atoms with Gasteiger partial charge in [-0.25, -0.2) is 4.79 Å². The lowest BCUT2D eigenvalue weighted by atomic mass is 9.94. The highest BCUT2D eigenvalue weighted by Crippen LogP contribution is 2.35. The Kier molecular flexibility index (Phi) is 3.88. The third-order valence-electron chi connectivity index (χ3n) is 3.67. The molecule has 1 aliphatic rings. The van der Waals surface area contributed by atoms with E-state index >= 15 is 0 Å². The van der Waals surface area contributed by atoms with Gasteiger partial charge in [0.25, 0.3) is 0 Å². The Bertz CT molecular complexity index is 677. The molecule has 6 heteroatoms. The van der Waals surface area contributed by atoms with Gasteiger partial charge >= 0.3 is 6.09 Å². The topological polar surface area (TPSA) is 55.3 Å². The molecule has 0 saturated carbocycles. The number of fused-ring (bicyclic) bond motifs is 1. The molecule has 1 aliphatic heterocycles. The zero-order chi connectivity index (χ0) is 14.8. The lowest BCUT2D eigenvalue weighted by molar-refractivity contribution is 0.0951. The van der Waals surface area contributed by atoms with Crippen molar-refractivity contribution in [3.8, 4) is 0 Å². The first-order valence-corrected chi connectivity index (χ1v) is 7.38. The van der Waals surface area contributed by atoms with Crippen LogP contribution in [0.15, 0.2) is 41.0 Å². The zero-order valence-electron chi connectivity index (χ0n) is 11.5. The van der Waals surface area contributed by atoms with Gasteiger partial charge in [-0.2, -0.15) is 10.2 Å². The van der Waals surface area contributed by atoms with Crippen LogP contribution < -0.4 is 0 Å². The van der Waals surface area contributed by atoms with E-state index in [1.165, 1.54) is 7.11 Å². The van der Waals surface area contributed by atoms with Crippen LogP contribution in [0.3, 0.4) is 0 Å². The molecule has 1 amide bonds. The van der Waals surface area contributed by atoms with Crippen molar-refractivity contribution in [2.75, 3.05) is 7.11 Å². The van der Waals surface area contributed by atoms with Gasteiger partial charge in [0.2, 0.25) is 0 Å². The number of carbonyl (C=O) groups is 1. The molecule has 21 heavy (non-hydrogen) atoms. The van der Waals surface area contributed by atoms with Gasteiger partial charge in [-0.1, -0.05) is 34.1 Å². The van der Waals surface area contributed by atoms with E-state index in [9.17, 15) is 4.79 Å². The number of ether oxygens (including phenoxy) is 1. The van der Waals surface area contributed by atoms with Gasteiger partial charge in [0.05, 0.1) is 25.4 Å². The van der Waals surface area contributed by atoms with Gasteiger partial charge in [-0.05, 0) is 23.3 Å². The van der Waals surface area contributed by atoms with Crippen LogP contribution in [0.25, 0.3) is 0 Å². The predicted octanol–water partition coefficient (Wildman–Crippen LogP) is 3.10. The first kappa shape index (κ1) is 14.0.